The summed E-state index contributed by atoms with van der Waals surface area (Å²) in [5.41, 5.74) is 1.31. The molecule has 1 aliphatic heterocycles. The van der Waals surface area contributed by atoms with Crippen LogP contribution in [0.1, 0.15) is 13.3 Å². The number of nitrogens with one attached hydrogen (secondary N) is 1. The Bertz CT molecular complexity index is 314. The van der Waals surface area contributed by atoms with Crippen molar-refractivity contribution in [1.82, 2.24) is 0 Å². The molecule has 1 aliphatic rings. The van der Waals surface area contributed by atoms with Crippen molar-refractivity contribution in [2.24, 2.45) is 0 Å². The highest BCUT2D eigenvalue weighted by molar-refractivity contribution is 14.1. The summed E-state index contributed by atoms with van der Waals surface area (Å²) in [6.07, 6.45) is 1.24. The third-order valence-electron chi connectivity index (χ3n) is 2.21. The Morgan fingerprint density at radius 1 is 1.62 bits per heavy atom. The lowest BCUT2D eigenvalue weighted by molar-refractivity contribution is 0.842. The summed E-state index contributed by atoms with van der Waals surface area (Å²) in [5.74, 6) is 0. The molecule has 0 amide bonds. The van der Waals surface area contributed by atoms with Crippen LogP contribution in [0.4, 0.5) is 5.69 Å². The Morgan fingerprint density at radius 3 is 3.23 bits per heavy atom. The topological polar surface area (TPSA) is 12.0 Å². The standard InChI is InChI=1S/C10H12INS/c1-2-8-6-12-9-5-7(11)3-4-10(9)13-8/h3-5,8,12H,2,6H2,1H3. The SMILES string of the molecule is CCC1CNc2cc(I)ccc2S1. The van der Waals surface area contributed by atoms with E-state index in [9.17, 15) is 0 Å². The zero-order valence-corrected chi connectivity index (χ0v) is 10.5. The van der Waals surface area contributed by atoms with E-state index >= 15 is 0 Å². The van der Waals surface area contributed by atoms with Gasteiger partial charge in [-0.1, -0.05) is 6.92 Å². The zero-order chi connectivity index (χ0) is 9.26. The lowest BCUT2D eigenvalue weighted by atomic mass is 10.2. The van der Waals surface area contributed by atoms with Crippen LogP contribution < -0.4 is 5.32 Å². The molecular formula is C10H12INS. The summed E-state index contributed by atoms with van der Waals surface area (Å²) in [6, 6.07) is 6.61. The largest absolute Gasteiger partial charge is 0.383 e. The van der Waals surface area contributed by atoms with Crippen LogP contribution in [0.2, 0.25) is 0 Å². The minimum absolute atomic E-state index is 0.743. The van der Waals surface area contributed by atoms with Crippen molar-refractivity contribution in [3.8, 4) is 0 Å². The van der Waals surface area contributed by atoms with E-state index in [1.54, 1.807) is 0 Å². The summed E-state index contributed by atoms with van der Waals surface area (Å²) in [6.45, 7) is 3.35. The molecule has 0 aliphatic carbocycles. The molecule has 1 N–H and O–H groups in total. The first-order chi connectivity index (χ1) is 6.29. The molecule has 0 bridgehead atoms. The summed E-state index contributed by atoms with van der Waals surface area (Å²) in [4.78, 5) is 1.40. The molecule has 0 saturated carbocycles. The minimum Gasteiger partial charge on any atom is -0.383 e. The molecule has 0 radical (unpaired) electrons. The lowest BCUT2D eigenvalue weighted by Gasteiger charge is -2.24. The van der Waals surface area contributed by atoms with Crippen LogP contribution in [0.3, 0.4) is 0 Å². The van der Waals surface area contributed by atoms with E-state index in [0.29, 0.717) is 0 Å². The van der Waals surface area contributed by atoms with Crippen molar-refractivity contribution < 1.29 is 0 Å². The predicted octanol–water partition coefficient (Wildman–Crippen LogP) is 3.59. The van der Waals surface area contributed by atoms with Crippen molar-refractivity contribution >= 4 is 40.0 Å². The van der Waals surface area contributed by atoms with Crippen LogP contribution in [-0.2, 0) is 0 Å². The van der Waals surface area contributed by atoms with E-state index in [0.717, 1.165) is 11.8 Å². The molecule has 70 valence electrons. The molecule has 2 rings (SSSR count). The van der Waals surface area contributed by atoms with Gasteiger partial charge >= 0.3 is 0 Å². The van der Waals surface area contributed by atoms with Gasteiger partial charge in [-0.05, 0) is 47.2 Å². The third-order valence-corrected chi connectivity index (χ3v) is 4.33. The molecule has 1 heterocycles. The molecule has 0 fully saturated rings. The number of thioether (sulfide) groups is 1. The van der Waals surface area contributed by atoms with E-state index < -0.39 is 0 Å². The number of anilines is 1. The Balaban J connectivity index is 2.26. The fourth-order valence-electron chi connectivity index (χ4n) is 1.42. The molecular weight excluding hydrogens is 293 g/mol. The number of rotatable bonds is 1. The van der Waals surface area contributed by atoms with Crippen molar-refractivity contribution in [3.05, 3.63) is 21.8 Å². The van der Waals surface area contributed by atoms with E-state index in [2.05, 4.69) is 53.0 Å². The molecule has 1 nitrogen and oxygen atoms in total. The smallest absolute Gasteiger partial charge is 0.0489 e. The maximum Gasteiger partial charge on any atom is 0.0489 e. The van der Waals surface area contributed by atoms with E-state index in [1.807, 2.05) is 11.8 Å². The molecule has 13 heavy (non-hydrogen) atoms. The van der Waals surface area contributed by atoms with Gasteiger partial charge in [0.1, 0.15) is 0 Å². The Morgan fingerprint density at radius 2 is 2.46 bits per heavy atom. The fraction of sp³-hybridized carbons (Fsp3) is 0.400. The minimum atomic E-state index is 0.743. The van der Waals surface area contributed by atoms with Gasteiger partial charge in [0.05, 0.1) is 0 Å². The van der Waals surface area contributed by atoms with E-state index in [4.69, 9.17) is 0 Å². The van der Waals surface area contributed by atoms with Gasteiger partial charge in [0, 0.05) is 25.9 Å². The summed E-state index contributed by atoms with van der Waals surface area (Å²) < 4.78 is 1.30. The van der Waals surface area contributed by atoms with Crippen LogP contribution in [-0.4, -0.2) is 11.8 Å². The van der Waals surface area contributed by atoms with Crippen LogP contribution in [0.25, 0.3) is 0 Å². The number of benzene rings is 1. The average Bonchev–Trinajstić information content (AvgIpc) is 2.17. The quantitative estimate of drug-likeness (QED) is 0.796. The maximum atomic E-state index is 3.48. The Hall–Kier alpha value is 0.1000. The fourth-order valence-corrected chi connectivity index (χ4v) is 3.00. The van der Waals surface area contributed by atoms with Gasteiger partial charge in [-0.15, -0.1) is 11.8 Å². The van der Waals surface area contributed by atoms with Crippen LogP contribution in [0, 0.1) is 3.57 Å². The summed E-state index contributed by atoms with van der Waals surface area (Å²) >= 11 is 4.35. The van der Waals surface area contributed by atoms with E-state index in [-0.39, 0.29) is 0 Å². The average molecular weight is 305 g/mol. The molecule has 0 aromatic heterocycles. The monoisotopic (exact) mass is 305 g/mol. The molecule has 0 spiro atoms. The summed E-state index contributed by atoms with van der Waals surface area (Å²) in [7, 11) is 0. The van der Waals surface area contributed by atoms with Gasteiger partial charge in [-0.2, -0.15) is 0 Å². The molecule has 1 aromatic rings. The normalized spacial score (nSPS) is 20.6. The maximum absolute atomic E-state index is 3.48. The Kier molecular flexibility index (Phi) is 3.03. The van der Waals surface area contributed by atoms with E-state index in [1.165, 1.54) is 20.6 Å². The Labute approximate surface area is 96.8 Å². The highest BCUT2D eigenvalue weighted by atomic mass is 127. The van der Waals surface area contributed by atoms with Crippen LogP contribution >= 0.6 is 34.4 Å². The molecule has 1 aromatic carbocycles. The highest BCUT2D eigenvalue weighted by Gasteiger charge is 2.16. The number of hydrogen-bond acceptors (Lipinski definition) is 2. The van der Waals surface area contributed by atoms with Gasteiger partial charge in [0.2, 0.25) is 0 Å². The first-order valence-corrected chi connectivity index (χ1v) is 6.45. The molecule has 1 unspecified atom stereocenters. The number of halogens is 1. The summed E-state index contributed by atoms with van der Waals surface area (Å²) in [5, 5.41) is 4.22. The first kappa shape index (κ1) is 9.65. The number of hydrogen-bond donors (Lipinski definition) is 1. The van der Waals surface area contributed by atoms with Crippen molar-refractivity contribution in [1.29, 1.82) is 0 Å². The second-order valence-electron chi connectivity index (χ2n) is 3.17. The third kappa shape index (κ3) is 2.13. The molecule has 1 atom stereocenters. The lowest BCUT2D eigenvalue weighted by Crippen LogP contribution is -2.20. The van der Waals surface area contributed by atoms with Crippen LogP contribution in [0.5, 0.6) is 0 Å². The predicted molar refractivity (Wildman–Crippen MR) is 67.6 cm³/mol. The second-order valence-corrected chi connectivity index (χ2v) is 5.76. The highest BCUT2D eigenvalue weighted by Crippen LogP contribution is 2.36. The van der Waals surface area contributed by atoms with Gasteiger partial charge in [0.25, 0.3) is 0 Å². The van der Waals surface area contributed by atoms with Crippen molar-refractivity contribution in [3.63, 3.8) is 0 Å². The molecule has 3 heteroatoms. The van der Waals surface area contributed by atoms with Crippen molar-refractivity contribution in [2.75, 3.05) is 11.9 Å². The van der Waals surface area contributed by atoms with Gasteiger partial charge in [-0.25, -0.2) is 0 Å². The zero-order valence-electron chi connectivity index (χ0n) is 7.51. The first-order valence-electron chi connectivity index (χ1n) is 4.49. The van der Waals surface area contributed by atoms with Crippen LogP contribution in [0.15, 0.2) is 23.1 Å². The number of fused-ring (bicyclic) bond motifs is 1. The van der Waals surface area contributed by atoms with Gasteiger partial charge in [0.15, 0.2) is 0 Å². The second kappa shape index (κ2) is 4.09. The molecule has 0 saturated heterocycles. The van der Waals surface area contributed by atoms with Gasteiger partial charge < -0.3 is 5.32 Å². The van der Waals surface area contributed by atoms with Gasteiger partial charge in [-0.3, -0.25) is 0 Å². The van der Waals surface area contributed by atoms with Crippen molar-refractivity contribution in [2.45, 2.75) is 23.5 Å².